The number of benzene rings is 2. The second-order valence-corrected chi connectivity index (χ2v) is 3.73. The molecule has 0 radical (unpaired) electrons. The van der Waals surface area contributed by atoms with Gasteiger partial charge in [0.25, 0.3) is 0 Å². The van der Waals surface area contributed by atoms with Crippen molar-refractivity contribution in [3.63, 3.8) is 0 Å². The van der Waals surface area contributed by atoms with Gasteiger partial charge in [-0.3, -0.25) is 0 Å². The van der Waals surface area contributed by atoms with Gasteiger partial charge in [-0.25, -0.2) is 0 Å². The minimum Gasteiger partial charge on any atom is -0.106 e. The Bertz CT molecular complexity index is 377. The fourth-order valence-electron chi connectivity index (χ4n) is 1.49. The van der Waals surface area contributed by atoms with Crippen LogP contribution in [0, 0.1) is 13.8 Å². The molecule has 0 aliphatic rings. The van der Waals surface area contributed by atoms with E-state index < -0.39 is 0 Å². The van der Waals surface area contributed by atoms with Crippen molar-refractivity contribution in [1.82, 2.24) is 0 Å². The first kappa shape index (κ1) is 12.3. The molecule has 0 saturated carbocycles. The Morgan fingerprint density at radius 2 is 0.812 bits per heavy atom. The predicted octanol–water partition coefficient (Wildman–Crippen LogP) is 4.77. The van der Waals surface area contributed by atoms with E-state index in [9.17, 15) is 0 Å². The lowest BCUT2D eigenvalue weighted by atomic mass is 10.0. The van der Waals surface area contributed by atoms with Crippen LogP contribution in [0.3, 0.4) is 0 Å². The molecule has 0 unspecified atom stereocenters. The SMILES string of the molecule is C=C.Cc1ccc(-c2ccc(C)cc2)cc1. The molecule has 0 heteroatoms. The first-order valence-corrected chi connectivity index (χ1v) is 5.39. The molecule has 0 saturated heterocycles. The predicted molar refractivity (Wildman–Crippen MR) is 72.6 cm³/mol. The van der Waals surface area contributed by atoms with E-state index in [1.807, 2.05) is 0 Å². The molecule has 0 aliphatic carbocycles. The van der Waals surface area contributed by atoms with Gasteiger partial charge in [-0.05, 0) is 25.0 Å². The van der Waals surface area contributed by atoms with E-state index in [1.54, 1.807) is 0 Å². The summed E-state index contributed by atoms with van der Waals surface area (Å²) in [4.78, 5) is 0. The Morgan fingerprint density at radius 3 is 1.06 bits per heavy atom. The third-order valence-corrected chi connectivity index (χ3v) is 2.44. The summed E-state index contributed by atoms with van der Waals surface area (Å²) in [7, 11) is 0. The smallest absolute Gasteiger partial charge is 0.0184 e. The number of hydrogen-bond acceptors (Lipinski definition) is 0. The van der Waals surface area contributed by atoms with Crippen LogP contribution in [-0.2, 0) is 0 Å². The normalized spacial score (nSPS) is 9.12. The second kappa shape index (κ2) is 5.92. The first-order chi connectivity index (χ1) is 7.75. The van der Waals surface area contributed by atoms with Crippen molar-refractivity contribution in [2.75, 3.05) is 0 Å². The van der Waals surface area contributed by atoms with Crippen LogP contribution in [-0.4, -0.2) is 0 Å². The highest BCUT2D eigenvalue weighted by Gasteiger charge is 1.95. The van der Waals surface area contributed by atoms with Crippen molar-refractivity contribution in [2.45, 2.75) is 13.8 Å². The summed E-state index contributed by atoms with van der Waals surface area (Å²) < 4.78 is 0. The highest BCUT2D eigenvalue weighted by molar-refractivity contribution is 5.63. The Balaban J connectivity index is 0.000000606. The third-order valence-electron chi connectivity index (χ3n) is 2.44. The summed E-state index contributed by atoms with van der Waals surface area (Å²) >= 11 is 0. The molecule has 0 amide bonds. The second-order valence-electron chi connectivity index (χ2n) is 3.73. The molecule has 2 aromatic carbocycles. The van der Waals surface area contributed by atoms with Gasteiger partial charge in [-0.15, -0.1) is 13.2 Å². The Morgan fingerprint density at radius 1 is 0.562 bits per heavy atom. The van der Waals surface area contributed by atoms with Crippen molar-refractivity contribution < 1.29 is 0 Å². The fraction of sp³-hybridized carbons (Fsp3) is 0.125. The van der Waals surface area contributed by atoms with Gasteiger partial charge >= 0.3 is 0 Å². The van der Waals surface area contributed by atoms with Crippen molar-refractivity contribution in [2.24, 2.45) is 0 Å². The molecule has 16 heavy (non-hydrogen) atoms. The van der Waals surface area contributed by atoms with Gasteiger partial charge < -0.3 is 0 Å². The van der Waals surface area contributed by atoms with Crippen LogP contribution >= 0.6 is 0 Å². The minimum atomic E-state index is 1.29. The Kier molecular flexibility index (Phi) is 4.53. The molecule has 82 valence electrons. The van der Waals surface area contributed by atoms with Gasteiger partial charge in [0.1, 0.15) is 0 Å². The van der Waals surface area contributed by atoms with Gasteiger partial charge in [-0.2, -0.15) is 0 Å². The maximum atomic E-state index is 3.00. The molecule has 0 aromatic heterocycles. The van der Waals surface area contributed by atoms with Crippen LogP contribution in [0.1, 0.15) is 11.1 Å². The highest BCUT2D eigenvalue weighted by Crippen LogP contribution is 2.19. The lowest BCUT2D eigenvalue weighted by Crippen LogP contribution is -1.78. The van der Waals surface area contributed by atoms with Crippen LogP contribution in [0.4, 0.5) is 0 Å². The molecule has 2 rings (SSSR count). The van der Waals surface area contributed by atoms with Gasteiger partial charge in [0.2, 0.25) is 0 Å². The first-order valence-electron chi connectivity index (χ1n) is 5.39. The quantitative estimate of drug-likeness (QED) is 0.595. The molecule has 2 aromatic rings. The molecule has 0 spiro atoms. The molecule has 0 N–H and O–H groups in total. The summed E-state index contributed by atoms with van der Waals surface area (Å²) in [5, 5.41) is 0. The maximum Gasteiger partial charge on any atom is -0.0184 e. The zero-order chi connectivity index (χ0) is 12.0. The third kappa shape index (κ3) is 3.09. The van der Waals surface area contributed by atoms with Gasteiger partial charge in [-0.1, -0.05) is 59.7 Å². The maximum absolute atomic E-state index is 3.00. The number of aryl methyl sites for hydroxylation is 2. The van der Waals surface area contributed by atoms with Crippen molar-refractivity contribution in [1.29, 1.82) is 0 Å². The van der Waals surface area contributed by atoms with E-state index >= 15 is 0 Å². The van der Waals surface area contributed by atoms with Crippen LogP contribution in [0.2, 0.25) is 0 Å². The summed E-state index contributed by atoms with van der Waals surface area (Å²) in [6, 6.07) is 17.3. The summed E-state index contributed by atoms with van der Waals surface area (Å²) in [6.07, 6.45) is 0. The van der Waals surface area contributed by atoms with Crippen molar-refractivity contribution in [3.05, 3.63) is 72.8 Å². The molecular weight excluding hydrogens is 192 g/mol. The molecule has 0 bridgehead atoms. The number of rotatable bonds is 1. The molecular formula is C16H18. The molecule has 0 aliphatic heterocycles. The van der Waals surface area contributed by atoms with Crippen LogP contribution in [0.25, 0.3) is 11.1 Å². The largest absolute Gasteiger partial charge is 0.106 e. The summed E-state index contributed by atoms with van der Waals surface area (Å²) in [6.45, 7) is 10.2. The minimum absolute atomic E-state index is 1.29. The summed E-state index contributed by atoms with van der Waals surface area (Å²) in [5.41, 5.74) is 5.19. The standard InChI is InChI=1S/C14H14.C2H4/c1-11-3-7-13(8-4-11)14-9-5-12(2)6-10-14;1-2/h3-10H,1-2H3;1-2H2. The van der Waals surface area contributed by atoms with Crippen molar-refractivity contribution >= 4 is 0 Å². The lowest BCUT2D eigenvalue weighted by molar-refractivity contribution is 1.45. The molecule has 0 atom stereocenters. The average molecular weight is 210 g/mol. The monoisotopic (exact) mass is 210 g/mol. The average Bonchev–Trinajstić information content (AvgIpc) is 2.34. The van der Waals surface area contributed by atoms with Gasteiger partial charge in [0, 0.05) is 0 Å². The van der Waals surface area contributed by atoms with Gasteiger partial charge in [0.05, 0.1) is 0 Å². The highest BCUT2D eigenvalue weighted by atomic mass is 14.0. The van der Waals surface area contributed by atoms with E-state index in [1.165, 1.54) is 22.3 Å². The molecule has 0 fully saturated rings. The lowest BCUT2D eigenvalue weighted by Gasteiger charge is -2.02. The van der Waals surface area contributed by atoms with E-state index in [2.05, 4.69) is 75.5 Å². The van der Waals surface area contributed by atoms with Crippen molar-refractivity contribution in [3.8, 4) is 11.1 Å². The Hall–Kier alpha value is -1.82. The van der Waals surface area contributed by atoms with Crippen LogP contribution < -0.4 is 0 Å². The summed E-state index contributed by atoms with van der Waals surface area (Å²) in [5.74, 6) is 0. The topological polar surface area (TPSA) is 0 Å². The van der Waals surface area contributed by atoms with E-state index in [-0.39, 0.29) is 0 Å². The van der Waals surface area contributed by atoms with E-state index in [0.29, 0.717) is 0 Å². The van der Waals surface area contributed by atoms with E-state index in [0.717, 1.165) is 0 Å². The zero-order valence-corrected chi connectivity index (χ0v) is 10.0. The van der Waals surface area contributed by atoms with Crippen LogP contribution in [0.15, 0.2) is 61.7 Å². The van der Waals surface area contributed by atoms with Crippen LogP contribution in [0.5, 0.6) is 0 Å². The number of hydrogen-bond donors (Lipinski definition) is 0. The van der Waals surface area contributed by atoms with Gasteiger partial charge in [0.15, 0.2) is 0 Å². The zero-order valence-electron chi connectivity index (χ0n) is 10.0. The van der Waals surface area contributed by atoms with E-state index in [4.69, 9.17) is 0 Å². The molecule has 0 heterocycles. The Labute approximate surface area is 98.3 Å². The molecule has 0 nitrogen and oxygen atoms in total. The fourth-order valence-corrected chi connectivity index (χ4v) is 1.49.